The second-order valence-corrected chi connectivity index (χ2v) is 10.3. The molecule has 0 aromatic heterocycles. The van der Waals surface area contributed by atoms with Crippen molar-refractivity contribution in [2.24, 2.45) is 0 Å². The monoisotopic (exact) mass is 335 g/mol. The summed E-state index contributed by atoms with van der Waals surface area (Å²) in [6.45, 7) is 11.6. The average molecular weight is 336 g/mol. The minimum Gasteiger partial charge on any atom is -0.346 e. The number of aliphatic hydroxyl groups excluding tert-OH is 1. The number of fused-ring (bicyclic) bond motifs is 1. The summed E-state index contributed by atoms with van der Waals surface area (Å²) >= 11 is 0. The Morgan fingerprint density at radius 3 is 2.17 bits per heavy atom. The van der Waals surface area contributed by atoms with Crippen LogP contribution >= 0.6 is 10.5 Å². The van der Waals surface area contributed by atoms with E-state index in [1.54, 1.807) is 0 Å². The molecular weight excluding hydrogens is 302 g/mol. The first kappa shape index (κ1) is 18.7. The first-order valence-electron chi connectivity index (χ1n) is 8.69. The molecule has 0 saturated heterocycles. The molecule has 1 unspecified atom stereocenters. The second-order valence-electron chi connectivity index (χ2n) is 8.25. The van der Waals surface area contributed by atoms with Gasteiger partial charge in [0.2, 0.25) is 0 Å². The third-order valence-electron chi connectivity index (χ3n) is 5.12. The van der Waals surface area contributed by atoms with Crippen LogP contribution in [0.3, 0.4) is 0 Å². The van der Waals surface area contributed by atoms with E-state index < -0.39 is 0 Å². The van der Waals surface area contributed by atoms with Crippen molar-refractivity contribution in [1.29, 1.82) is 0 Å². The van der Waals surface area contributed by atoms with Crippen molar-refractivity contribution >= 4 is 15.7 Å². The molecule has 0 spiro atoms. The first-order chi connectivity index (χ1) is 10.6. The van der Waals surface area contributed by atoms with Crippen molar-refractivity contribution in [2.75, 3.05) is 19.8 Å². The van der Waals surface area contributed by atoms with Gasteiger partial charge in [0.1, 0.15) is 5.17 Å². The van der Waals surface area contributed by atoms with E-state index in [9.17, 15) is 5.11 Å². The summed E-state index contributed by atoms with van der Waals surface area (Å²) < 4.78 is 0. The Hall–Kier alpha value is -0.640. The van der Waals surface area contributed by atoms with Crippen molar-refractivity contribution in [3.8, 4) is 0 Å². The third kappa shape index (κ3) is 3.72. The number of nitrogens with zero attached hydrogens (tertiary/aromatic N) is 1. The number of aliphatic hydroxyl groups is 1. The van der Waals surface area contributed by atoms with E-state index in [1.165, 1.54) is 28.9 Å². The Morgan fingerprint density at radius 2 is 1.65 bits per heavy atom. The molecule has 0 amide bonds. The standard InChI is InChI=1S/C20H33NOS/c1-8-13-23(18(22)21(6)7)15-9-10-16-17(14-15)20(4,5)12-11-19(16,2)3/h9-10,14,22H,8,11-13H2,1-7H3. The Morgan fingerprint density at radius 1 is 1.09 bits per heavy atom. The summed E-state index contributed by atoms with van der Waals surface area (Å²) in [5, 5.41) is 11.1. The smallest absolute Gasteiger partial charge is 0.149 e. The summed E-state index contributed by atoms with van der Waals surface area (Å²) in [7, 11) is 3.63. The molecule has 0 heterocycles. The number of hydrogen-bond donors (Lipinski definition) is 1. The molecule has 2 rings (SSSR count). The van der Waals surface area contributed by atoms with Crippen molar-refractivity contribution in [1.82, 2.24) is 4.90 Å². The fraction of sp³-hybridized carbons (Fsp3) is 0.650. The molecular formula is C20H33NOS. The van der Waals surface area contributed by atoms with Gasteiger partial charge in [0, 0.05) is 4.90 Å². The van der Waals surface area contributed by atoms with Gasteiger partial charge in [-0.3, -0.25) is 4.90 Å². The summed E-state index contributed by atoms with van der Waals surface area (Å²) in [5.41, 5.74) is 3.43. The highest BCUT2D eigenvalue weighted by atomic mass is 32.2. The summed E-state index contributed by atoms with van der Waals surface area (Å²) in [6.07, 6.45) is 3.54. The highest BCUT2D eigenvalue weighted by molar-refractivity contribution is 8.15. The molecule has 1 atom stereocenters. The van der Waals surface area contributed by atoms with E-state index in [0.29, 0.717) is 5.17 Å². The van der Waals surface area contributed by atoms with Crippen LogP contribution in [0.1, 0.15) is 65.0 Å². The van der Waals surface area contributed by atoms with Crippen LogP contribution < -0.4 is 0 Å². The number of benzene rings is 1. The van der Waals surface area contributed by atoms with Crippen molar-refractivity contribution in [2.45, 2.75) is 69.6 Å². The molecule has 2 nitrogen and oxygen atoms in total. The van der Waals surface area contributed by atoms with Gasteiger partial charge in [-0.05, 0) is 73.2 Å². The molecule has 130 valence electrons. The molecule has 0 aliphatic heterocycles. The number of hydrogen-bond acceptors (Lipinski definition) is 0. The Bertz CT molecular complexity index is 614. The van der Waals surface area contributed by atoms with Gasteiger partial charge in [-0.25, -0.2) is 0 Å². The minimum absolute atomic E-state index is 0.218. The maximum absolute atomic E-state index is 10.6. The van der Waals surface area contributed by atoms with Crippen LogP contribution in [-0.2, 0) is 10.8 Å². The largest absolute Gasteiger partial charge is 0.346 e. The van der Waals surface area contributed by atoms with Crippen LogP contribution in [0.4, 0.5) is 0 Å². The molecule has 23 heavy (non-hydrogen) atoms. The summed E-state index contributed by atoms with van der Waals surface area (Å²) in [4.78, 5) is 3.13. The van der Waals surface area contributed by atoms with Crippen LogP contribution in [0.25, 0.3) is 0 Å². The van der Waals surface area contributed by atoms with Gasteiger partial charge in [0.15, 0.2) is 0 Å². The van der Waals surface area contributed by atoms with Crippen LogP contribution in [0, 0.1) is 0 Å². The second kappa shape index (κ2) is 6.70. The van der Waals surface area contributed by atoms with E-state index in [-0.39, 0.29) is 21.3 Å². The molecule has 3 heteroatoms. The van der Waals surface area contributed by atoms with Crippen LogP contribution in [0.5, 0.6) is 0 Å². The predicted octanol–water partition coefficient (Wildman–Crippen LogP) is 5.28. The lowest BCUT2D eigenvalue weighted by Gasteiger charge is -2.42. The summed E-state index contributed by atoms with van der Waals surface area (Å²) in [6, 6.07) is 6.96. The molecule has 0 fully saturated rings. The normalized spacial score (nSPS) is 21.0. The minimum atomic E-state index is -0.221. The van der Waals surface area contributed by atoms with Gasteiger partial charge in [-0.2, -0.15) is 0 Å². The summed E-state index contributed by atoms with van der Waals surface area (Å²) in [5.74, 6) is 1.01. The maximum Gasteiger partial charge on any atom is 0.149 e. The van der Waals surface area contributed by atoms with Crippen LogP contribution in [-0.4, -0.2) is 35.0 Å². The molecule has 0 saturated carbocycles. The van der Waals surface area contributed by atoms with Crippen molar-refractivity contribution < 1.29 is 5.11 Å². The highest BCUT2D eigenvalue weighted by Gasteiger charge is 2.37. The average Bonchev–Trinajstić information content (AvgIpc) is 2.48. The zero-order chi connectivity index (χ0) is 17.4. The SMILES string of the molecule is CCCS(=C(O)N(C)C)c1ccc2c(c1)C(C)(C)CCC2(C)C. The van der Waals surface area contributed by atoms with E-state index in [1.807, 2.05) is 19.0 Å². The molecule has 1 aromatic rings. The predicted molar refractivity (Wildman–Crippen MR) is 104 cm³/mol. The van der Waals surface area contributed by atoms with Gasteiger partial charge in [-0.1, -0.05) is 40.7 Å². The van der Waals surface area contributed by atoms with E-state index in [2.05, 4.69) is 52.8 Å². The number of rotatable bonds is 3. The zero-order valence-corrected chi connectivity index (χ0v) is 16.7. The fourth-order valence-electron chi connectivity index (χ4n) is 3.46. The van der Waals surface area contributed by atoms with Crippen molar-refractivity contribution in [3.05, 3.63) is 29.3 Å². The lowest BCUT2D eigenvalue weighted by atomic mass is 9.63. The van der Waals surface area contributed by atoms with Gasteiger partial charge in [0.05, 0.1) is 0 Å². The van der Waals surface area contributed by atoms with E-state index in [0.717, 1.165) is 12.2 Å². The van der Waals surface area contributed by atoms with Gasteiger partial charge in [-0.15, -0.1) is 10.5 Å². The maximum atomic E-state index is 10.6. The fourth-order valence-corrected chi connectivity index (χ4v) is 5.43. The van der Waals surface area contributed by atoms with E-state index in [4.69, 9.17) is 0 Å². The molecule has 1 aromatic carbocycles. The lowest BCUT2D eigenvalue weighted by Crippen LogP contribution is -2.33. The van der Waals surface area contributed by atoms with Crippen LogP contribution in [0.15, 0.2) is 23.1 Å². The lowest BCUT2D eigenvalue weighted by molar-refractivity contribution is 0.331. The molecule has 1 aliphatic rings. The highest BCUT2D eigenvalue weighted by Crippen LogP contribution is 2.47. The molecule has 0 radical (unpaired) electrons. The topological polar surface area (TPSA) is 23.5 Å². The molecule has 1 aliphatic carbocycles. The van der Waals surface area contributed by atoms with Gasteiger partial charge < -0.3 is 5.11 Å². The Balaban J connectivity index is 2.61. The third-order valence-corrected chi connectivity index (χ3v) is 7.57. The van der Waals surface area contributed by atoms with Gasteiger partial charge >= 0.3 is 0 Å². The van der Waals surface area contributed by atoms with Crippen LogP contribution in [0.2, 0.25) is 0 Å². The Labute approximate surface area is 144 Å². The zero-order valence-electron chi connectivity index (χ0n) is 15.9. The quantitative estimate of drug-likeness (QED) is 0.760. The van der Waals surface area contributed by atoms with E-state index >= 15 is 0 Å². The van der Waals surface area contributed by atoms with Gasteiger partial charge in [0.25, 0.3) is 0 Å². The molecule has 0 bridgehead atoms. The first-order valence-corrected chi connectivity index (χ1v) is 10.1. The Kier molecular flexibility index (Phi) is 5.44. The molecule has 1 N–H and O–H groups in total. The van der Waals surface area contributed by atoms with Crippen molar-refractivity contribution in [3.63, 3.8) is 0 Å².